The largest absolute Gasteiger partial charge is 0.259 e. The molecule has 25 heavy (non-hydrogen) atoms. The summed E-state index contributed by atoms with van der Waals surface area (Å²) in [4.78, 5) is 4.51. The molecular weight excluding hydrogens is 506 g/mol. The summed E-state index contributed by atoms with van der Waals surface area (Å²) in [5.74, 6) is 0. The van der Waals surface area contributed by atoms with Crippen molar-refractivity contribution in [2.45, 2.75) is 103 Å². The van der Waals surface area contributed by atoms with Crippen LogP contribution < -0.4 is 0 Å². The number of aromatic nitrogens is 1. The topological polar surface area (TPSA) is 12.9 Å². The minimum Gasteiger partial charge on any atom is -0.259 e. The van der Waals surface area contributed by atoms with Crippen LogP contribution in [-0.2, 0) is 6.42 Å². The number of unbranched alkanes of at least 4 members (excludes halogenated alkanes) is 13. The van der Waals surface area contributed by atoms with E-state index in [9.17, 15) is 0 Å². The Labute approximate surface area is 180 Å². The molecule has 0 atom stereocenters. The number of halogens is 3. The van der Waals surface area contributed by atoms with Crippen LogP contribution in [0.3, 0.4) is 0 Å². The van der Waals surface area contributed by atoms with Gasteiger partial charge in [0.1, 0.15) is 0 Å². The smallest absolute Gasteiger partial charge is 0.0557 e. The Morgan fingerprint density at radius 1 is 0.640 bits per heavy atom. The highest BCUT2D eigenvalue weighted by molar-refractivity contribution is 9.14. The minimum absolute atomic E-state index is 1.00. The molecule has 4 heteroatoms. The summed E-state index contributed by atoms with van der Waals surface area (Å²) in [5, 5.41) is 0. The molecule has 0 radical (unpaired) electrons. The average molecular weight is 540 g/mol. The summed E-state index contributed by atoms with van der Waals surface area (Å²) in [6, 6.07) is 0. The van der Waals surface area contributed by atoms with Gasteiger partial charge in [0.25, 0.3) is 0 Å². The number of hydrogen-bond acceptors (Lipinski definition) is 1. The van der Waals surface area contributed by atoms with E-state index < -0.39 is 0 Å². The van der Waals surface area contributed by atoms with Crippen LogP contribution in [0.25, 0.3) is 0 Å². The lowest BCUT2D eigenvalue weighted by atomic mass is 10.0. The van der Waals surface area contributed by atoms with E-state index in [0.29, 0.717) is 0 Å². The predicted octanol–water partition coefficient (Wildman–Crippen LogP) is 9.39. The van der Waals surface area contributed by atoms with Gasteiger partial charge in [-0.05, 0) is 60.6 Å². The van der Waals surface area contributed by atoms with Crippen molar-refractivity contribution in [3.8, 4) is 0 Å². The summed E-state index contributed by atoms with van der Waals surface area (Å²) in [6.45, 7) is 2.29. The van der Waals surface area contributed by atoms with Gasteiger partial charge in [0, 0.05) is 10.7 Å². The first-order valence-electron chi connectivity index (χ1n) is 10.1. The molecular formula is C21H34Br3N. The second-order valence-electron chi connectivity index (χ2n) is 7.03. The van der Waals surface area contributed by atoms with Gasteiger partial charge >= 0.3 is 0 Å². The first kappa shape index (κ1) is 23.6. The number of nitrogens with zero attached hydrogens (tertiary/aromatic N) is 1. The monoisotopic (exact) mass is 537 g/mol. The molecule has 0 aromatic carbocycles. The molecule has 0 amide bonds. The second-order valence-corrected chi connectivity index (χ2v) is 9.47. The Morgan fingerprint density at radius 2 is 1.08 bits per heavy atom. The maximum absolute atomic E-state index is 4.51. The number of pyridine rings is 1. The normalized spacial score (nSPS) is 11.2. The van der Waals surface area contributed by atoms with Crippen LogP contribution in [0.15, 0.2) is 19.6 Å². The molecule has 0 spiro atoms. The molecule has 1 aromatic rings. The van der Waals surface area contributed by atoms with Gasteiger partial charge in [0.15, 0.2) is 0 Å². The molecule has 1 rings (SSSR count). The molecule has 1 aromatic heterocycles. The summed E-state index contributed by atoms with van der Waals surface area (Å²) in [6.07, 6.45) is 22.6. The SMILES string of the molecule is CCCCCCCCCCCCCCCCc1ncc(Br)c(Br)c1Br. The fourth-order valence-electron chi connectivity index (χ4n) is 3.14. The van der Waals surface area contributed by atoms with E-state index in [4.69, 9.17) is 0 Å². The van der Waals surface area contributed by atoms with Gasteiger partial charge in [-0.2, -0.15) is 0 Å². The molecule has 144 valence electrons. The summed E-state index contributed by atoms with van der Waals surface area (Å²) in [7, 11) is 0. The number of rotatable bonds is 15. The lowest BCUT2D eigenvalue weighted by Gasteiger charge is -2.07. The molecule has 1 nitrogen and oxygen atoms in total. The zero-order valence-corrected chi connectivity index (χ0v) is 20.5. The lowest BCUT2D eigenvalue weighted by molar-refractivity contribution is 0.535. The van der Waals surface area contributed by atoms with Gasteiger partial charge in [-0.3, -0.25) is 4.98 Å². The van der Waals surface area contributed by atoms with Crippen LogP contribution in [0, 0.1) is 0 Å². The van der Waals surface area contributed by atoms with E-state index in [2.05, 4.69) is 59.7 Å². The molecule has 0 aliphatic rings. The summed E-state index contributed by atoms with van der Waals surface area (Å²) < 4.78 is 3.17. The van der Waals surface area contributed by atoms with Crippen LogP contribution in [0.4, 0.5) is 0 Å². The molecule has 0 aliphatic carbocycles. The van der Waals surface area contributed by atoms with E-state index in [0.717, 1.165) is 25.5 Å². The van der Waals surface area contributed by atoms with E-state index in [-0.39, 0.29) is 0 Å². The Kier molecular flexibility index (Phi) is 14.8. The van der Waals surface area contributed by atoms with E-state index >= 15 is 0 Å². The lowest BCUT2D eigenvalue weighted by Crippen LogP contribution is -1.93. The first-order valence-corrected chi connectivity index (χ1v) is 12.5. The van der Waals surface area contributed by atoms with E-state index in [1.807, 2.05) is 6.20 Å². The third-order valence-corrected chi connectivity index (χ3v) is 8.10. The molecule has 0 fully saturated rings. The number of hydrogen-bond donors (Lipinski definition) is 0. The molecule has 0 N–H and O–H groups in total. The third kappa shape index (κ3) is 11.1. The van der Waals surface area contributed by atoms with Crippen LogP contribution in [0.1, 0.15) is 103 Å². The van der Waals surface area contributed by atoms with Gasteiger partial charge in [-0.25, -0.2) is 0 Å². The standard InChI is InChI=1S/C21H34Br3N/c1-2-3-4-5-6-7-8-9-10-11-12-13-14-15-16-19-21(24)20(23)18(22)17-25-19/h17H,2-16H2,1H3. The first-order chi connectivity index (χ1) is 12.2. The molecule has 1 heterocycles. The van der Waals surface area contributed by atoms with Crippen molar-refractivity contribution in [2.75, 3.05) is 0 Å². The molecule has 0 aliphatic heterocycles. The quantitative estimate of drug-likeness (QED) is 0.202. The third-order valence-electron chi connectivity index (χ3n) is 4.76. The van der Waals surface area contributed by atoms with Crippen molar-refractivity contribution in [1.82, 2.24) is 4.98 Å². The maximum Gasteiger partial charge on any atom is 0.0557 e. The van der Waals surface area contributed by atoms with Crippen molar-refractivity contribution in [1.29, 1.82) is 0 Å². The molecule has 0 saturated heterocycles. The summed E-state index contributed by atoms with van der Waals surface area (Å²) in [5.41, 5.74) is 1.16. The van der Waals surface area contributed by atoms with Crippen LogP contribution in [-0.4, -0.2) is 4.98 Å². The van der Waals surface area contributed by atoms with Crippen molar-refractivity contribution in [3.63, 3.8) is 0 Å². The van der Waals surface area contributed by atoms with E-state index in [1.54, 1.807) is 0 Å². The van der Waals surface area contributed by atoms with Gasteiger partial charge in [-0.15, -0.1) is 0 Å². The zero-order valence-electron chi connectivity index (χ0n) is 15.8. The number of aryl methyl sites for hydroxylation is 1. The van der Waals surface area contributed by atoms with Crippen molar-refractivity contribution < 1.29 is 0 Å². The van der Waals surface area contributed by atoms with Crippen LogP contribution in [0.5, 0.6) is 0 Å². The van der Waals surface area contributed by atoms with Crippen LogP contribution >= 0.6 is 47.8 Å². The van der Waals surface area contributed by atoms with Crippen molar-refractivity contribution >= 4 is 47.8 Å². The summed E-state index contributed by atoms with van der Waals surface area (Å²) >= 11 is 10.7. The van der Waals surface area contributed by atoms with Gasteiger partial charge in [-0.1, -0.05) is 90.4 Å². The Morgan fingerprint density at radius 3 is 1.56 bits per heavy atom. The highest BCUT2D eigenvalue weighted by Crippen LogP contribution is 2.32. The van der Waals surface area contributed by atoms with E-state index in [1.165, 1.54) is 89.9 Å². The van der Waals surface area contributed by atoms with Gasteiger partial charge < -0.3 is 0 Å². The van der Waals surface area contributed by atoms with Crippen molar-refractivity contribution in [2.24, 2.45) is 0 Å². The highest BCUT2D eigenvalue weighted by Gasteiger charge is 2.08. The Balaban J connectivity index is 1.90. The van der Waals surface area contributed by atoms with Gasteiger partial charge in [0.05, 0.1) is 14.6 Å². The second kappa shape index (κ2) is 15.6. The molecule has 0 unspecified atom stereocenters. The minimum atomic E-state index is 1.00. The Bertz CT molecular complexity index is 463. The fourth-order valence-corrected chi connectivity index (χ4v) is 4.55. The fraction of sp³-hybridized carbons (Fsp3) is 0.762. The predicted molar refractivity (Wildman–Crippen MR) is 121 cm³/mol. The Hall–Kier alpha value is 0.590. The average Bonchev–Trinajstić information content (AvgIpc) is 2.61. The molecule has 0 saturated carbocycles. The van der Waals surface area contributed by atoms with Gasteiger partial charge in [0.2, 0.25) is 0 Å². The van der Waals surface area contributed by atoms with Crippen molar-refractivity contribution in [3.05, 3.63) is 25.3 Å². The van der Waals surface area contributed by atoms with Crippen LogP contribution in [0.2, 0.25) is 0 Å². The zero-order chi connectivity index (χ0) is 18.3. The molecule has 0 bridgehead atoms. The highest BCUT2D eigenvalue weighted by atomic mass is 79.9. The maximum atomic E-state index is 4.51.